The molecule has 4 rings (SSSR count). The van der Waals surface area contributed by atoms with Crippen molar-refractivity contribution in [2.75, 3.05) is 6.54 Å². The summed E-state index contributed by atoms with van der Waals surface area (Å²) < 4.78 is 35.2. The first-order chi connectivity index (χ1) is 13.2. The smallest absolute Gasteiger partial charge is 0.408 e. The van der Waals surface area contributed by atoms with Crippen molar-refractivity contribution in [3.63, 3.8) is 0 Å². The third-order valence-corrected chi connectivity index (χ3v) is 7.40. The first kappa shape index (κ1) is 18.9. The van der Waals surface area contributed by atoms with Gasteiger partial charge >= 0.3 is 5.76 Å². The molecule has 2 heterocycles. The lowest BCUT2D eigenvalue weighted by molar-refractivity contribution is 0.0666. The van der Waals surface area contributed by atoms with Gasteiger partial charge < -0.3 is 9.52 Å². The van der Waals surface area contributed by atoms with E-state index in [-0.39, 0.29) is 11.4 Å². The van der Waals surface area contributed by atoms with E-state index in [0.29, 0.717) is 16.0 Å². The van der Waals surface area contributed by atoms with Gasteiger partial charge in [-0.05, 0) is 42.6 Å². The number of nitrogens with one attached hydrogen (secondary N) is 1. The van der Waals surface area contributed by atoms with Crippen molar-refractivity contribution in [1.29, 1.82) is 0 Å². The molecule has 0 aliphatic carbocycles. The largest absolute Gasteiger partial charge is 0.419 e. The first-order valence-corrected chi connectivity index (χ1v) is 10.8. The minimum Gasteiger partial charge on any atom is -0.408 e. The van der Waals surface area contributed by atoms with Gasteiger partial charge in [0, 0.05) is 23.2 Å². The number of benzene rings is 2. The maximum Gasteiger partial charge on any atom is 0.419 e. The summed E-state index contributed by atoms with van der Waals surface area (Å²) in [5.41, 5.74) is -0.684. The van der Waals surface area contributed by atoms with Gasteiger partial charge in [-0.1, -0.05) is 18.2 Å². The number of hydrogen-bond acceptors (Lipinski definition) is 6. The summed E-state index contributed by atoms with van der Waals surface area (Å²) in [5.74, 6) is -0.565. The van der Waals surface area contributed by atoms with Crippen LogP contribution in [0.15, 0.2) is 62.6 Å². The number of aromatic nitrogens is 1. The summed E-state index contributed by atoms with van der Waals surface area (Å²) in [7, 11) is -2.39. The molecule has 0 saturated heterocycles. The number of oxazole rings is 1. The van der Waals surface area contributed by atoms with E-state index in [2.05, 4.69) is 4.72 Å². The molecule has 1 atom stereocenters. The third kappa shape index (κ3) is 3.26. The van der Waals surface area contributed by atoms with E-state index in [1.54, 1.807) is 6.92 Å². The van der Waals surface area contributed by atoms with E-state index < -0.39 is 21.4 Å². The Bertz CT molecular complexity index is 1310. The third-order valence-electron chi connectivity index (χ3n) is 4.64. The Kier molecular flexibility index (Phi) is 4.42. The second-order valence-electron chi connectivity index (χ2n) is 6.80. The van der Waals surface area contributed by atoms with E-state index in [1.165, 1.54) is 41.2 Å². The van der Waals surface area contributed by atoms with Crippen LogP contribution in [-0.4, -0.2) is 24.6 Å². The maximum absolute atomic E-state index is 12.7. The molecule has 0 aliphatic rings. The van der Waals surface area contributed by atoms with E-state index in [4.69, 9.17) is 4.42 Å². The van der Waals surface area contributed by atoms with Crippen LogP contribution in [0.2, 0.25) is 0 Å². The summed E-state index contributed by atoms with van der Waals surface area (Å²) in [6, 6.07) is 13.8. The Morgan fingerprint density at radius 3 is 2.71 bits per heavy atom. The zero-order valence-corrected chi connectivity index (χ0v) is 16.8. The van der Waals surface area contributed by atoms with Gasteiger partial charge in [-0.15, -0.1) is 11.3 Å². The molecule has 146 valence electrons. The average Bonchev–Trinajstić information content (AvgIpc) is 3.22. The Balaban J connectivity index is 1.60. The van der Waals surface area contributed by atoms with Crippen LogP contribution in [0.1, 0.15) is 11.8 Å². The number of aliphatic hydroxyl groups is 1. The molecule has 0 fully saturated rings. The molecule has 0 saturated carbocycles. The zero-order valence-electron chi connectivity index (χ0n) is 15.2. The molecular formula is C19H18N2O5S2. The van der Waals surface area contributed by atoms with Gasteiger partial charge in [0.05, 0.1) is 10.4 Å². The molecule has 7 nitrogen and oxygen atoms in total. The standard InChI is InChI=1S/C19H18N2O5S2/c1-19(23,17-9-12-5-3-4-6-16(12)27-17)11-20-28(24,25)13-7-8-15-14(10-13)21(2)18(22)26-15/h3-10,20,23H,11H2,1-2H3. The van der Waals surface area contributed by atoms with Gasteiger partial charge in [0.2, 0.25) is 10.0 Å². The van der Waals surface area contributed by atoms with E-state index in [9.17, 15) is 18.3 Å². The van der Waals surface area contributed by atoms with Crippen molar-refractivity contribution in [1.82, 2.24) is 9.29 Å². The monoisotopic (exact) mass is 418 g/mol. The fourth-order valence-electron chi connectivity index (χ4n) is 2.93. The Labute approximate surface area is 164 Å². The molecule has 0 aliphatic heterocycles. The summed E-state index contributed by atoms with van der Waals surface area (Å²) >= 11 is 1.42. The van der Waals surface area contributed by atoms with Crippen LogP contribution in [0.3, 0.4) is 0 Å². The summed E-state index contributed by atoms with van der Waals surface area (Å²) in [6.45, 7) is 1.38. The number of rotatable bonds is 5. The fourth-order valence-corrected chi connectivity index (χ4v) is 5.18. The Morgan fingerprint density at radius 1 is 1.21 bits per heavy atom. The van der Waals surface area contributed by atoms with Crippen LogP contribution in [0.25, 0.3) is 21.2 Å². The lowest BCUT2D eigenvalue weighted by atomic mass is 10.1. The van der Waals surface area contributed by atoms with E-state index in [1.807, 2.05) is 30.3 Å². The van der Waals surface area contributed by atoms with Crippen molar-refractivity contribution >= 4 is 42.5 Å². The van der Waals surface area contributed by atoms with Gasteiger partial charge in [0.1, 0.15) is 5.60 Å². The van der Waals surface area contributed by atoms with Crippen LogP contribution >= 0.6 is 11.3 Å². The second-order valence-corrected chi connectivity index (χ2v) is 9.65. The van der Waals surface area contributed by atoms with Gasteiger partial charge in [-0.3, -0.25) is 4.57 Å². The number of fused-ring (bicyclic) bond motifs is 2. The van der Waals surface area contributed by atoms with Gasteiger partial charge in [-0.25, -0.2) is 17.9 Å². The van der Waals surface area contributed by atoms with Gasteiger partial charge in [0.15, 0.2) is 5.58 Å². The van der Waals surface area contributed by atoms with Crippen molar-refractivity contribution in [3.8, 4) is 0 Å². The van der Waals surface area contributed by atoms with Crippen LogP contribution in [0.5, 0.6) is 0 Å². The van der Waals surface area contributed by atoms with Gasteiger partial charge in [-0.2, -0.15) is 0 Å². The van der Waals surface area contributed by atoms with E-state index in [0.717, 1.165) is 10.1 Å². The highest BCUT2D eigenvalue weighted by atomic mass is 32.2. The molecule has 4 aromatic rings. The Morgan fingerprint density at radius 2 is 1.96 bits per heavy atom. The normalized spacial score (nSPS) is 14.5. The lowest BCUT2D eigenvalue weighted by Crippen LogP contribution is -2.38. The fraction of sp³-hybridized carbons (Fsp3) is 0.211. The molecule has 0 bridgehead atoms. The molecule has 2 N–H and O–H groups in total. The van der Waals surface area contributed by atoms with Crippen LogP contribution < -0.4 is 10.5 Å². The van der Waals surface area contributed by atoms with Gasteiger partial charge in [0.25, 0.3) is 0 Å². The Hall–Kier alpha value is -2.46. The molecule has 9 heteroatoms. The molecule has 0 radical (unpaired) electrons. The molecule has 0 spiro atoms. The maximum atomic E-state index is 12.7. The zero-order chi connectivity index (χ0) is 20.1. The average molecular weight is 418 g/mol. The number of hydrogen-bond donors (Lipinski definition) is 2. The van der Waals surface area contributed by atoms with Crippen molar-refractivity contribution < 1.29 is 17.9 Å². The van der Waals surface area contributed by atoms with Crippen LogP contribution in [0.4, 0.5) is 0 Å². The van der Waals surface area contributed by atoms with Crippen molar-refractivity contribution in [3.05, 3.63) is 64.0 Å². The number of thiophene rings is 1. The molecule has 2 aromatic heterocycles. The second kappa shape index (κ2) is 6.56. The molecule has 2 aromatic carbocycles. The summed E-state index contributed by atoms with van der Waals surface area (Å²) in [4.78, 5) is 12.2. The van der Waals surface area contributed by atoms with Crippen molar-refractivity contribution in [2.45, 2.75) is 17.4 Å². The highest BCUT2D eigenvalue weighted by Gasteiger charge is 2.28. The molecule has 28 heavy (non-hydrogen) atoms. The molecule has 1 unspecified atom stereocenters. The first-order valence-electron chi connectivity index (χ1n) is 8.48. The van der Waals surface area contributed by atoms with Crippen LogP contribution in [0, 0.1) is 0 Å². The molecule has 0 amide bonds. The number of sulfonamides is 1. The highest BCUT2D eigenvalue weighted by Crippen LogP contribution is 2.33. The predicted molar refractivity (Wildman–Crippen MR) is 108 cm³/mol. The SMILES string of the molecule is Cn1c(=O)oc2ccc(S(=O)(=O)NCC(C)(O)c3cc4ccccc4s3)cc21. The highest BCUT2D eigenvalue weighted by molar-refractivity contribution is 7.89. The lowest BCUT2D eigenvalue weighted by Gasteiger charge is -2.22. The topological polar surface area (TPSA) is 102 Å². The number of nitrogens with zero attached hydrogens (tertiary/aromatic N) is 1. The minimum atomic E-state index is -3.89. The number of aryl methyl sites for hydroxylation is 1. The predicted octanol–water partition coefficient (Wildman–Crippen LogP) is 2.53. The molecular weight excluding hydrogens is 400 g/mol. The summed E-state index contributed by atoms with van der Waals surface area (Å²) in [5, 5.41) is 11.8. The minimum absolute atomic E-state index is 0.0106. The summed E-state index contributed by atoms with van der Waals surface area (Å²) in [6.07, 6.45) is 0. The quantitative estimate of drug-likeness (QED) is 0.519. The van der Waals surface area contributed by atoms with E-state index >= 15 is 0 Å². The van der Waals surface area contributed by atoms with Crippen molar-refractivity contribution in [2.24, 2.45) is 7.05 Å². The van der Waals surface area contributed by atoms with Crippen LogP contribution in [-0.2, 0) is 22.7 Å².